The standard InChI is InChI=1S/C36H37N5O3/c1-43-33-20-14-29(15-21-33)28-12-18-32(19-13-28)40-24-22-39(23-25-40)31-16-10-27(11-17-31)26-6-8-30(9-7-26)36(42)44-41-35-5-3-2-4-34(35)37-38-41/h2-11,14-17,20-21,28,32H,12-13,18-19,22-25H2,1H3/t28-,32+. The van der Waals surface area contributed by atoms with E-state index < -0.39 is 5.97 Å². The van der Waals surface area contributed by atoms with E-state index in [1.54, 1.807) is 19.2 Å². The Morgan fingerprint density at radius 2 is 1.41 bits per heavy atom. The molecule has 0 atom stereocenters. The SMILES string of the molecule is COc1ccc([C@H]2CC[C@@H](N3CCN(c4ccc(-c5ccc(C(=O)On6nnc7ccccc76)cc5)cc4)CC3)CC2)cc1. The lowest BCUT2D eigenvalue weighted by atomic mass is 9.81. The molecular formula is C36H37N5O3. The summed E-state index contributed by atoms with van der Waals surface area (Å²) in [5.41, 5.74) is 6.65. The van der Waals surface area contributed by atoms with Crippen LogP contribution in [0, 0.1) is 0 Å². The summed E-state index contributed by atoms with van der Waals surface area (Å²) in [6.07, 6.45) is 5.08. The van der Waals surface area contributed by atoms with E-state index >= 15 is 0 Å². The van der Waals surface area contributed by atoms with Crippen LogP contribution in [-0.4, -0.2) is 65.4 Å². The highest BCUT2D eigenvalue weighted by molar-refractivity contribution is 5.90. The number of hydrogen-bond donors (Lipinski definition) is 0. The van der Waals surface area contributed by atoms with Crippen molar-refractivity contribution >= 4 is 22.7 Å². The fourth-order valence-corrected chi connectivity index (χ4v) is 6.71. The summed E-state index contributed by atoms with van der Waals surface area (Å²) in [6.45, 7) is 4.33. The Balaban J connectivity index is 0.904. The first-order chi connectivity index (χ1) is 21.6. The number of aromatic nitrogens is 3. The van der Waals surface area contributed by atoms with Crippen molar-refractivity contribution < 1.29 is 14.4 Å². The third-order valence-corrected chi connectivity index (χ3v) is 9.29. The van der Waals surface area contributed by atoms with Crippen molar-refractivity contribution in [2.24, 2.45) is 0 Å². The minimum atomic E-state index is -0.480. The van der Waals surface area contributed by atoms with Crippen LogP contribution in [0.15, 0.2) is 97.1 Å². The van der Waals surface area contributed by atoms with Crippen molar-refractivity contribution in [2.45, 2.75) is 37.6 Å². The Bertz CT molecular complexity index is 1700. The van der Waals surface area contributed by atoms with Crippen molar-refractivity contribution in [1.82, 2.24) is 20.1 Å². The molecule has 2 fully saturated rings. The van der Waals surface area contributed by atoms with Gasteiger partial charge >= 0.3 is 5.97 Å². The van der Waals surface area contributed by atoms with Gasteiger partial charge in [0.25, 0.3) is 0 Å². The van der Waals surface area contributed by atoms with Gasteiger partial charge in [-0.3, -0.25) is 4.90 Å². The molecule has 2 aliphatic rings. The van der Waals surface area contributed by atoms with Gasteiger partial charge in [-0.15, -0.1) is 5.10 Å². The number of methoxy groups -OCH3 is 1. The summed E-state index contributed by atoms with van der Waals surface area (Å²) < 4.78 is 5.32. The summed E-state index contributed by atoms with van der Waals surface area (Å²) in [5.74, 6) is 1.12. The van der Waals surface area contributed by atoms with Crippen LogP contribution < -0.4 is 14.5 Å². The second-order valence-corrected chi connectivity index (χ2v) is 11.8. The van der Waals surface area contributed by atoms with Crippen LogP contribution in [0.3, 0.4) is 0 Å². The highest BCUT2D eigenvalue weighted by Crippen LogP contribution is 2.36. The van der Waals surface area contributed by atoms with E-state index in [1.807, 2.05) is 36.4 Å². The third kappa shape index (κ3) is 5.90. The molecule has 0 bridgehead atoms. The zero-order valence-corrected chi connectivity index (χ0v) is 25.0. The molecule has 1 aliphatic heterocycles. The number of para-hydroxylation sites is 1. The summed E-state index contributed by atoms with van der Waals surface area (Å²) in [5, 5.41) is 7.96. The number of rotatable bonds is 7. The van der Waals surface area contributed by atoms with Crippen LogP contribution >= 0.6 is 0 Å². The third-order valence-electron chi connectivity index (χ3n) is 9.29. The molecule has 5 aromatic rings. The van der Waals surface area contributed by atoms with Crippen LogP contribution in [0.25, 0.3) is 22.2 Å². The molecule has 4 aromatic carbocycles. The Morgan fingerprint density at radius 3 is 2.09 bits per heavy atom. The van der Waals surface area contributed by atoms with Crippen LogP contribution in [0.1, 0.15) is 47.5 Å². The van der Waals surface area contributed by atoms with E-state index in [-0.39, 0.29) is 0 Å². The molecule has 1 saturated carbocycles. The normalized spacial score (nSPS) is 19.2. The summed E-state index contributed by atoms with van der Waals surface area (Å²) in [7, 11) is 1.72. The van der Waals surface area contributed by atoms with Gasteiger partial charge in [-0.2, -0.15) is 0 Å². The fraction of sp³-hybridized carbons (Fsp3) is 0.306. The van der Waals surface area contributed by atoms with Gasteiger partial charge in [0.1, 0.15) is 16.8 Å². The van der Waals surface area contributed by atoms with Gasteiger partial charge in [0.05, 0.1) is 12.7 Å². The lowest BCUT2D eigenvalue weighted by molar-refractivity contribution is 0.0409. The van der Waals surface area contributed by atoms with Crippen LogP contribution in [-0.2, 0) is 0 Å². The van der Waals surface area contributed by atoms with Gasteiger partial charge < -0.3 is 14.5 Å². The predicted octanol–water partition coefficient (Wildman–Crippen LogP) is 6.22. The monoisotopic (exact) mass is 587 g/mol. The first-order valence-corrected chi connectivity index (χ1v) is 15.5. The zero-order valence-electron chi connectivity index (χ0n) is 25.0. The molecule has 0 unspecified atom stereocenters. The molecule has 1 aromatic heterocycles. The van der Waals surface area contributed by atoms with Crippen LogP contribution in [0.5, 0.6) is 5.75 Å². The number of benzene rings is 4. The molecule has 8 heteroatoms. The van der Waals surface area contributed by atoms with E-state index in [0.29, 0.717) is 28.6 Å². The average molecular weight is 588 g/mol. The van der Waals surface area contributed by atoms with Crippen molar-refractivity contribution in [3.8, 4) is 16.9 Å². The van der Waals surface area contributed by atoms with Crippen molar-refractivity contribution in [1.29, 1.82) is 0 Å². The van der Waals surface area contributed by atoms with Gasteiger partial charge in [0.2, 0.25) is 0 Å². The predicted molar refractivity (Wildman–Crippen MR) is 172 cm³/mol. The molecule has 224 valence electrons. The maximum absolute atomic E-state index is 12.7. The number of anilines is 1. The Morgan fingerprint density at radius 1 is 0.750 bits per heavy atom. The average Bonchev–Trinajstić information content (AvgIpc) is 3.51. The van der Waals surface area contributed by atoms with E-state index in [0.717, 1.165) is 43.1 Å². The summed E-state index contributed by atoms with van der Waals surface area (Å²) in [4.78, 5) is 24.5. The van der Waals surface area contributed by atoms with Gasteiger partial charge in [-0.1, -0.05) is 53.4 Å². The van der Waals surface area contributed by atoms with Crippen molar-refractivity contribution in [3.05, 3.63) is 108 Å². The minimum absolute atomic E-state index is 0.456. The first-order valence-electron chi connectivity index (χ1n) is 15.5. The second-order valence-electron chi connectivity index (χ2n) is 11.8. The molecule has 0 N–H and O–H groups in total. The molecule has 0 spiro atoms. The topological polar surface area (TPSA) is 72.7 Å². The van der Waals surface area contributed by atoms with Crippen LogP contribution in [0.2, 0.25) is 0 Å². The number of ether oxygens (including phenoxy) is 1. The summed E-state index contributed by atoms with van der Waals surface area (Å²) >= 11 is 0. The van der Waals surface area contributed by atoms with E-state index in [4.69, 9.17) is 9.57 Å². The lowest BCUT2D eigenvalue weighted by Gasteiger charge is -2.42. The number of fused-ring (bicyclic) bond motifs is 1. The van der Waals surface area contributed by atoms with Crippen LogP contribution in [0.4, 0.5) is 5.69 Å². The maximum Gasteiger partial charge on any atom is 0.365 e. The number of carbonyl (C=O) groups is 1. The molecule has 44 heavy (non-hydrogen) atoms. The molecule has 8 nitrogen and oxygen atoms in total. The number of piperazine rings is 1. The first kappa shape index (κ1) is 28.1. The Labute approximate surface area is 257 Å². The van der Waals surface area contributed by atoms with E-state index in [9.17, 15) is 4.79 Å². The van der Waals surface area contributed by atoms with Crippen molar-refractivity contribution in [2.75, 3.05) is 38.2 Å². The number of hydrogen-bond acceptors (Lipinski definition) is 7. The molecular weight excluding hydrogens is 550 g/mol. The quantitative estimate of drug-likeness (QED) is 0.209. The zero-order chi connectivity index (χ0) is 29.9. The van der Waals surface area contributed by atoms with Gasteiger partial charge in [0.15, 0.2) is 0 Å². The minimum Gasteiger partial charge on any atom is -0.497 e. The molecule has 1 aliphatic carbocycles. The smallest absolute Gasteiger partial charge is 0.365 e. The van der Waals surface area contributed by atoms with Gasteiger partial charge in [-0.05, 0) is 102 Å². The Kier molecular flexibility index (Phi) is 7.99. The highest BCUT2D eigenvalue weighted by atomic mass is 16.7. The van der Waals surface area contributed by atoms with E-state index in [1.165, 1.54) is 41.8 Å². The highest BCUT2D eigenvalue weighted by Gasteiger charge is 2.29. The second kappa shape index (κ2) is 12.5. The van der Waals surface area contributed by atoms with Gasteiger partial charge in [0, 0.05) is 37.9 Å². The fourth-order valence-electron chi connectivity index (χ4n) is 6.71. The maximum atomic E-state index is 12.7. The number of carbonyl (C=O) groups excluding carboxylic acids is 1. The number of nitrogens with zero attached hydrogens (tertiary/aromatic N) is 5. The largest absolute Gasteiger partial charge is 0.497 e. The molecule has 7 rings (SSSR count). The molecule has 1 saturated heterocycles. The molecule has 2 heterocycles. The molecule has 0 radical (unpaired) electrons. The summed E-state index contributed by atoms with van der Waals surface area (Å²) in [6, 6.07) is 32.9. The Hall–Kier alpha value is -4.69. The molecule has 0 amide bonds. The lowest BCUT2D eigenvalue weighted by Crippen LogP contribution is -2.51. The van der Waals surface area contributed by atoms with E-state index in [2.05, 4.69) is 68.6 Å². The van der Waals surface area contributed by atoms with Crippen molar-refractivity contribution in [3.63, 3.8) is 0 Å². The van der Waals surface area contributed by atoms with Gasteiger partial charge in [-0.25, -0.2) is 4.79 Å².